The van der Waals surface area contributed by atoms with Crippen LogP contribution >= 0.6 is 0 Å². The smallest absolute Gasteiger partial charge is 0.269 e. The van der Waals surface area contributed by atoms with Gasteiger partial charge in [-0.05, 0) is 63.9 Å². The van der Waals surface area contributed by atoms with Gasteiger partial charge in [0.1, 0.15) is 0 Å². The van der Waals surface area contributed by atoms with Crippen molar-refractivity contribution in [2.24, 2.45) is 5.92 Å². The Hall–Kier alpha value is -2.55. The number of nitrogens with zero attached hydrogens (tertiary/aromatic N) is 4. The van der Waals surface area contributed by atoms with Crippen LogP contribution in [0.15, 0.2) is 53.7 Å². The summed E-state index contributed by atoms with van der Waals surface area (Å²) in [6.07, 6.45) is 5.25. The number of aromatic nitrogens is 2. The standard InChI is InChI=1S/C25H34N6O5S2/c1-25(2,17-32)29-12-9-18(10-13-29)23(28-37(3,33)34)30-16-21-20-11-14-31(24(20)26-15-22(21)27-30)38(35,36)19-7-5-4-6-8-19/h4-8,11,14-15,18,23,27-28,32H,9-10,12-13,16-17H2,1-3H3. The van der Waals surface area contributed by atoms with E-state index in [0.29, 0.717) is 23.3 Å². The Morgan fingerprint density at radius 1 is 1.13 bits per heavy atom. The molecule has 2 aromatic heterocycles. The first-order chi connectivity index (χ1) is 17.9. The van der Waals surface area contributed by atoms with Crippen molar-refractivity contribution < 1.29 is 21.9 Å². The maximum atomic E-state index is 13.3. The highest BCUT2D eigenvalue weighted by Gasteiger charge is 2.39. The molecule has 0 spiro atoms. The molecule has 206 valence electrons. The summed E-state index contributed by atoms with van der Waals surface area (Å²) >= 11 is 0. The Labute approximate surface area is 223 Å². The minimum Gasteiger partial charge on any atom is -0.394 e. The van der Waals surface area contributed by atoms with Gasteiger partial charge in [-0.2, -0.15) is 4.72 Å². The number of nitrogens with one attached hydrogen (secondary N) is 2. The van der Waals surface area contributed by atoms with Crippen LogP contribution in [0.1, 0.15) is 32.3 Å². The molecule has 1 atom stereocenters. The number of hydrogen-bond donors (Lipinski definition) is 3. The van der Waals surface area contributed by atoms with Crippen LogP contribution in [0.25, 0.3) is 11.0 Å². The van der Waals surface area contributed by atoms with Gasteiger partial charge in [-0.15, -0.1) is 0 Å². The van der Waals surface area contributed by atoms with Crippen LogP contribution < -0.4 is 10.1 Å². The van der Waals surface area contributed by atoms with Gasteiger partial charge in [0.15, 0.2) is 5.65 Å². The molecule has 1 saturated heterocycles. The zero-order valence-electron chi connectivity index (χ0n) is 21.7. The molecule has 4 heterocycles. The number of pyridine rings is 1. The van der Waals surface area contributed by atoms with E-state index in [-0.39, 0.29) is 23.0 Å². The highest BCUT2D eigenvalue weighted by Crippen LogP contribution is 2.36. The quantitative estimate of drug-likeness (QED) is 0.375. The Kier molecular flexibility index (Phi) is 7.03. The maximum Gasteiger partial charge on any atom is 0.269 e. The van der Waals surface area contributed by atoms with Crippen LogP contribution in [-0.4, -0.2) is 78.5 Å². The van der Waals surface area contributed by atoms with Gasteiger partial charge in [-0.3, -0.25) is 4.90 Å². The van der Waals surface area contributed by atoms with Gasteiger partial charge in [0, 0.05) is 29.2 Å². The minimum absolute atomic E-state index is 0.0313. The summed E-state index contributed by atoms with van der Waals surface area (Å²) in [5, 5.41) is 12.3. The lowest BCUT2D eigenvalue weighted by Crippen LogP contribution is -2.57. The molecule has 0 amide bonds. The SMILES string of the molecule is CC(C)(CO)N1CCC(C(NS(C)(=O)=O)N2Cc3c(cnc4c3ccn4S(=O)(=O)c3ccccc3)N2)CC1. The van der Waals surface area contributed by atoms with E-state index in [1.165, 1.54) is 10.2 Å². The van der Waals surface area contributed by atoms with Gasteiger partial charge in [0.05, 0.1) is 35.8 Å². The summed E-state index contributed by atoms with van der Waals surface area (Å²) in [7, 11) is -7.34. The summed E-state index contributed by atoms with van der Waals surface area (Å²) in [6, 6.07) is 9.95. The van der Waals surface area contributed by atoms with Crippen molar-refractivity contribution in [2.75, 3.05) is 31.4 Å². The Balaban J connectivity index is 1.42. The van der Waals surface area contributed by atoms with E-state index in [9.17, 15) is 21.9 Å². The lowest BCUT2D eigenvalue weighted by Gasteiger charge is -2.44. The monoisotopic (exact) mass is 562 g/mol. The molecule has 5 rings (SSSR count). The third kappa shape index (κ3) is 5.06. The zero-order valence-corrected chi connectivity index (χ0v) is 23.3. The first-order valence-electron chi connectivity index (χ1n) is 12.6. The van der Waals surface area contributed by atoms with Crippen molar-refractivity contribution in [1.29, 1.82) is 0 Å². The van der Waals surface area contributed by atoms with Crippen LogP contribution in [0.3, 0.4) is 0 Å². The number of benzene rings is 1. The molecule has 1 aromatic carbocycles. The number of hydrazine groups is 1. The van der Waals surface area contributed by atoms with Crippen molar-refractivity contribution in [3.05, 3.63) is 54.4 Å². The molecule has 2 aliphatic rings. The second-order valence-corrected chi connectivity index (χ2v) is 14.3. The Morgan fingerprint density at radius 3 is 2.45 bits per heavy atom. The highest BCUT2D eigenvalue weighted by molar-refractivity contribution is 7.90. The van der Waals surface area contributed by atoms with Crippen molar-refractivity contribution >= 4 is 36.8 Å². The largest absolute Gasteiger partial charge is 0.394 e. The van der Waals surface area contributed by atoms with E-state index in [2.05, 4.69) is 20.0 Å². The fraction of sp³-hybridized carbons (Fsp3) is 0.480. The van der Waals surface area contributed by atoms with E-state index < -0.39 is 26.2 Å². The molecule has 13 heteroatoms. The predicted molar refractivity (Wildman–Crippen MR) is 145 cm³/mol. The lowest BCUT2D eigenvalue weighted by atomic mass is 9.90. The van der Waals surface area contributed by atoms with Gasteiger partial charge >= 0.3 is 0 Å². The third-order valence-electron chi connectivity index (χ3n) is 7.58. The molecule has 0 aliphatic carbocycles. The van der Waals surface area contributed by atoms with E-state index in [4.69, 9.17) is 0 Å². The van der Waals surface area contributed by atoms with Gasteiger partial charge in [0.25, 0.3) is 10.0 Å². The number of aliphatic hydroxyl groups is 1. The number of hydrogen-bond acceptors (Lipinski definition) is 9. The number of anilines is 1. The maximum absolute atomic E-state index is 13.3. The molecule has 11 nitrogen and oxygen atoms in total. The molecule has 3 N–H and O–H groups in total. The number of likely N-dealkylation sites (tertiary alicyclic amines) is 1. The Bertz CT molecular complexity index is 1530. The van der Waals surface area contributed by atoms with Crippen LogP contribution in [0, 0.1) is 5.92 Å². The lowest BCUT2D eigenvalue weighted by molar-refractivity contribution is 0.0128. The fourth-order valence-corrected chi connectivity index (χ4v) is 7.45. The summed E-state index contributed by atoms with van der Waals surface area (Å²) in [4.78, 5) is 6.86. The van der Waals surface area contributed by atoms with E-state index >= 15 is 0 Å². The number of fused-ring (bicyclic) bond motifs is 3. The van der Waals surface area contributed by atoms with E-state index in [1.807, 2.05) is 18.9 Å². The summed E-state index contributed by atoms with van der Waals surface area (Å²) in [6.45, 7) is 5.91. The molecule has 0 saturated carbocycles. The molecular weight excluding hydrogens is 528 g/mol. The van der Waals surface area contributed by atoms with Crippen LogP contribution in [0.2, 0.25) is 0 Å². The van der Waals surface area contributed by atoms with Gasteiger partial charge in [-0.25, -0.2) is 30.8 Å². The molecule has 38 heavy (non-hydrogen) atoms. The fourth-order valence-electron chi connectivity index (χ4n) is 5.37. The Morgan fingerprint density at radius 2 is 1.82 bits per heavy atom. The first kappa shape index (κ1) is 27.0. The normalized spacial score (nSPS) is 18.9. The molecular formula is C25H34N6O5S2. The summed E-state index contributed by atoms with van der Waals surface area (Å²) in [5.74, 6) is 0.0313. The van der Waals surface area contributed by atoms with Crippen molar-refractivity contribution in [1.82, 2.24) is 23.6 Å². The van der Waals surface area contributed by atoms with Gasteiger partial charge in [0.2, 0.25) is 10.0 Å². The summed E-state index contributed by atoms with van der Waals surface area (Å²) < 4.78 is 55.2. The van der Waals surface area contributed by atoms with E-state index in [0.717, 1.165) is 37.8 Å². The average Bonchev–Trinajstić information content (AvgIpc) is 3.52. The molecule has 0 radical (unpaired) electrons. The van der Waals surface area contributed by atoms with Gasteiger partial charge in [-0.1, -0.05) is 18.2 Å². The predicted octanol–water partition coefficient (Wildman–Crippen LogP) is 1.77. The number of sulfonamides is 1. The van der Waals surface area contributed by atoms with E-state index in [1.54, 1.807) is 42.6 Å². The molecule has 0 bridgehead atoms. The van der Waals surface area contributed by atoms with Crippen molar-refractivity contribution in [3.8, 4) is 0 Å². The zero-order chi connectivity index (χ0) is 27.3. The van der Waals surface area contributed by atoms with Gasteiger partial charge < -0.3 is 10.5 Å². The number of piperidine rings is 1. The average molecular weight is 563 g/mol. The molecule has 3 aromatic rings. The highest BCUT2D eigenvalue weighted by atomic mass is 32.2. The second-order valence-electron chi connectivity index (χ2n) is 10.7. The van der Waals surface area contributed by atoms with Crippen LogP contribution in [-0.2, 0) is 26.6 Å². The van der Waals surface area contributed by atoms with Crippen LogP contribution in [0.4, 0.5) is 5.69 Å². The number of rotatable bonds is 8. The van der Waals surface area contributed by atoms with Crippen molar-refractivity contribution in [2.45, 2.75) is 49.8 Å². The number of aliphatic hydroxyl groups excluding tert-OH is 1. The second kappa shape index (κ2) is 9.88. The molecule has 1 unspecified atom stereocenters. The topological polar surface area (TPSA) is 137 Å². The van der Waals surface area contributed by atoms with Crippen LogP contribution in [0.5, 0.6) is 0 Å². The minimum atomic E-state index is -3.82. The van der Waals surface area contributed by atoms with Crippen molar-refractivity contribution in [3.63, 3.8) is 0 Å². The third-order valence-corrected chi connectivity index (χ3v) is 9.93. The molecule has 1 fully saturated rings. The molecule has 2 aliphatic heterocycles. The summed E-state index contributed by atoms with van der Waals surface area (Å²) in [5.41, 5.74) is 4.87. The first-order valence-corrected chi connectivity index (χ1v) is 15.9.